The lowest BCUT2D eigenvalue weighted by molar-refractivity contribution is -0.135. The van der Waals surface area contributed by atoms with Crippen LogP contribution in [0.5, 0.6) is 5.88 Å². The number of aromatic nitrogens is 2. The molecule has 1 aromatic carbocycles. The lowest BCUT2D eigenvalue weighted by Gasteiger charge is -2.19. The SMILES string of the molecule is CC(C)(C)c1ccc(Cn2c(-c3ccsc3)nc(O)c(C(=O)NCC(=O)O)c2=O)cc1. The van der Waals surface area contributed by atoms with E-state index in [4.69, 9.17) is 5.11 Å². The van der Waals surface area contributed by atoms with Crippen LogP contribution in [0.2, 0.25) is 0 Å². The molecule has 0 radical (unpaired) electrons. The Morgan fingerprint density at radius 1 is 1.16 bits per heavy atom. The van der Waals surface area contributed by atoms with Gasteiger partial charge in [-0.15, -0.1) is 0 Å². The number of hydrogen-bond donors (Lipinski definition) is 3. The summed E-state index contributed by atoms with van der Waals surface area (Å²) < 4.78 is 1.31. The third kappa shape index (κ3) is 5.00. The maximum absolute atomic E-state index is 13.2. The summed E-state index contributed by atoms with van der Waals surface area (Å²) in [5, 5.41) is 24.8. The van der Waals surface area contributed by atoms with Crippen LogP contribution in [0.3, 0.4) is 0 Å². The Balaban J connectivity index is 2.08. The summed E-state index contributed by atoms with van der Waals surface area (Å²) in [6.07, 6.45) is 0. The Kier molecular flexibility index (Phi) is 6.26. The summed E-state index contributed by atoms with van der Waals surface area (Å²) >= 11 is 1.41. The molecule has 0 aliphatic heterocycles. The monoisotopic (exact) mass is 441 g/mol. The highest BCUT2D eigenvalue weighted by atomic mass is 32.1. The number of carboxylic acids is 1. The van der Waals surface area contributed by atoms with Crippen molar-refractivity contribution in [3.63, 3.8) is 0 Å². The van der Waals surface area contributed by atoms with Gasteiger partial charge in [-0.05, 0) is 28.0 Å². The molecule has 0 unspecified atom stereocenters. The van der Waals surface area contributed by atoms with E-state index < -0.39 is 35.4 Å². The predicted octanol–water partition coefficient (Wildman–Crippen LogP) is 2.84. The van der Waals surface area contributed by atoms with Gasteiger partial charge in [0.2, 0.25) is 5.88 Å². The van der Waals surface area contributed by atoms with Crippen molar-refractivity contribution in [2.75, 3.05) is 6.54 Å². The topological polar surface area (TPSA) is 122 Å². The van der Waals surface area contributed by atoms with Gasteiger partial charge in [0, 0.05) is 10.9 Å². The van der Waals surface area contributed by atoms with Gasteiger partial charge in [0.25, 0.3) is 11.5 Å². The van der Waals surface area contributed by atoms with E-state index in [9.17, 15) is 19.5 Å². The molecule has 3 N–H and O–H groups in total. The van der Waals surface area contributed by atoms with Crippen molar-refractivity contribution >= 4 is 23.2 Å². The predicted molar refractivity (Wildman–Crippen MR) is 118 cm³/mol. The van der Waals surface area contributed by atoms with E-state index in [2.05, 4.69) is 31.1 Å². The highest BCUT2D eigenvalue weighted by Crippen LogP contribution is 2.25. The van der Waals surface area contributed by atoms with Crippen LogP contribution in [-0.2, 0) is 16.8 Å². The Labute approximate surface area is 182 Å². The van der Waals surface area contributed by atoms with Crippen LogP contribution in [0.25, 0.3) is 11.4 Å². The number of benzene rings is 1. The Hall–Kier alpha value is -3.46. The van der Waals surface area contributed by atoms with Gasteiger partial charge in [0.05, 0.1) is 6.54 Å². The molecule has 1 amide bonds. The molecule has 8 nitrogen and oxygen atoms in total. The van der Waals surface area contributed by atoms with Gasteiger partial charge in [-0.2, -0.15) is 16.3 Å². The second-order valence-electron chi connectivity index (χ2n) is 8.06. The molecule has 162 valence electrons. The standard InChI is InChI=1S/C22H23N3O5S/c1-22(2,3)15-6-4-13(5-7-15)11-25-18(14-8-9-31-12-14)24-20(29)17(21(25)30)19(28)23-10-16(26)27/h4-9,12,29H,10-11H2,1-3H3,(H,23,28)(H,26,27). The minimum Gasteiger partial charge on any atom is -0.493 e. The molecule has 0 aliphatic rings. The molecule has 0 aliphatic carbocycles. The molecular formula is C22H23N3O5S. The fourth-order valence-electron chi connectivity index (χ4n) is 3.04. The van der Waals surface area contributed by atoms with Gasteiger partial charge >= 0.3 is 5.97 Å². The first-order chi connectivity index (χ1) is 14.6. The minimum atomic E-state index is -1.27. The zero-order chi connectivity index (χ0) is 22.8. The van der Waals surface area contributed by atoms with E-state index in [1.54, 1.807) is 11.4 Å². The van der Waals surface area contributed by atoms with E-state index >= 15 is 0 Å². The van der Waals surface area contributed by atoms with Crippen molar-refractivity contribution in [1.29, 1.82) is 0 Å². The number of carbonyl (C=O) groups excluding carboxylic acids is 1. The Bertz CT molecular complexity index is 1160. The van der Waals surface area contributed by atoms with Crippen molar-refractivity contribution in [2.45, 2.75) is 32.7 Å². The van der Waals surface area contributed by atoms with E-state index in [1.165, 1.54) is 15.9 Å². The minimum absolute atomic E-state index is 0.0211. The van der Waals surface area contributed by atoms with Crippen LogP contribution in [0.1, 0.15) is 42.3 Å². The number of nitrogens with one attached hydrogen (secondary N) is 1. The lowest BCUT2D eigenvalue weighted by atomic mass is 9.87. The number of amides is 1. The zero-order valence-corrected chi connectivity index (χ0v) is 18.2. The van der Waals surface area contributed by atoms with Gasteiger partial charge in [-0.25, -0.2) is 0 Å². The van der Waals surface area contributed by atoms with Crippen molar-refractivity contribution < 1.29 is 19.8 Å². The summed E-state index contributed by atoms with van der Waals surface area (Å²) in [7, 11) is 0. The molecule has 0 bridgehead atoms. The number of hydrogen-bond acceptors (Lipinski definition) is 6. The Morgan fingerprint density at radius 3 is 2.39 bits per heavy atom. The van der Waals surface area contributed by atoms with Gasteiger partial charge in [0.15, 0.2) is 5.56 Å². The van der Waals surface area contributed by atoms with E-state index in [1.807, 2.05) is 29.6 Å². The number of thiophene rings is 1. The third-order valence-corrected chi connectivity index (χ3v) is 5.40. The molecule has 3 aromatic rings. The highest BCUT2D eigenvalue weighted by molar-refractivity contribution is 7.08. The first-order valence-electron chi connectivity index (χ1n) is 9.53. The number of aromatic hydroxyl groups is 1. The van der Waals surface area contributed by atoms with E-state index in [0.717, 1.165) is 11.1 Å². The summed E-state index contributed by atoms with van der Waals surface area (Å²) in [5.41, 5.74) is 1.21. The maximum Gasteiger partial charge on any atom is 0.322 e. The molecule has 3 rings (SSSR count). The van der Waals surface area contributed by atoms with Crippen molar-refractivity contribution in [3.05, 3.63) is 68.1 Å². The molecule has 31 heavy (non-hydrogen) atoms. The molecule has 2 aromatic heterocycles. The molecule has 0 saturated heterocycles. The maximum atomic E-state index is 13.2. The molecule has 2 heterocycles. The fraction of sp³-hybridized carbons (Fsp3) is 0.273. The van der Waals surface area contributed by atoms with Crippen LogP contribution in [0.4, 0.5) is 0 Å². The summed E-state index contributed by atoms with van der Waals surface area (Å²) in [6.45, 7) is 5.76. The number of aliphatic carboxylic acids is 1. The van der Waals surface area contributed by atoms with E-state index in [-0.39, 0.29) is 17.8 Å². The lowest BCUT2D eigenvalue weighted by Crippen LogP contribution is -2.36. The summed E-state index contributed by atoms with van der Waals surface area (Å²) in [4.78, 5) is 40.4. The smallest absolute Gasteiger partial charge is 0.322 e. The van der Waals surface area contributed by atoms with Gasteiger partial charge in [-0.3, -0.25) is 19.0 Å². The van der Waals surface area contributed by atoms with Gasteiger partial charge in [0.1, 0.15) is 12.4 Å². The van der Waals surface area contributed by atoms with Crippen molar-refractivity contribution in [2.24, 2.45) is 0 Å². The van der Waals surface area contributed by atoms with Crippen LogP contribution in [0, 0.1) is 0 Å². The molecule has 0 fully saturated rings. The van der Waals surface area contributed by atoms with Crippen LogP contribution < -0.4 is 10.9 Å². The third-order valence-electron chi connectivity index (χ3n) is 4.72. The van der Waals surface area contributed by atoms with E-state index in [0.29, 0.717) is 5.56 Å². The Morgan fingerprint density at radius 2 is 1.84 bits per heavy atom. The second kappa shape index (κ2) is 8.73. The largest absolute Gasteiger partial charge is 0.493 e. The molecule has 0 saturated carbocycles. The molecule has 0 spiro atoms. The number of carbonyl (C=O) groups is 2. The zero-order valence-electron chi connectivity index (χ0n) is 17.4. The van der Waals surface area contributed by atoms with Crippen molar-refractivity contribution in [1.82, 2.24) is 14.9 Å². The molecular weight excluding hydrogens is 418 g/mol. The second-order valence-corrected chi connectivity index (χ2v) is 8.84. The van der Waals surface area contributed by atoms with Gasteiger partial charge in [-0.1, -0.05) is 45.0 Å². The number of nitrogens with zero attached hydrogens (tertiary/aromatic N) is 2. The van der Waals surface area contributed by atoms with Crippen molar-refractivity contribution in [3.8, 4) is 17.3 Å². The average molecular weight is 442 g/mol. The first kappa shape index (κ1) is 22.2. The number of carboxylic acid groups (broad SMARTS) is 1. The fourth-order valence-corrected chi connectivity index (χ4v) is 3.67. The normalized spacial score (nSPS) is 11.3. The van der Waals surface area contributed by atoms with Crippen LogP contribution >= 0.6 is 11.3 Å². The summed E-state index contributed by atoms with van der Waals surface area (Å²) in [6, 6.07) is 9.54. The van der Waals surface area contributed by atoms with Crippen LogP contribution in [0.15, 0.2) is 45.9 Å². The quantitative estimate of drug-likeness (QED) is 0.541. The molecule has 9 heteroatoms. The number of rotatable bonds is 6. The average Bonchev–Trinajstić information content (AvgIpc) is 3.22. The molecule has 0 atom stereocenters. The van der Waals surface area contributed by atoms with Crippen LogP contribution in [-0.4, -0.2) is 38.2 Å². The highest BCUT2D eigenvalue weighted by Gasteiger charge is 2.24. The van der Waals surface area contributed by atoms with Gasteiger partial charge < -0.3 is 15.5 Å². The summed E-state index contributed by atoms with van der Waals surface area (Å²) in [5.74, 6) is -2.78. The first-order valence-corrected chi connectivity index (χ1v) is 10.5.